The fourth-order valence-corrected chi connectivity index (χ4v) is 4.85. The number of nitrogens with zero attached hydrogens (tertiary/aromatic N) is 6. The molecule has 1 aromatic carbocycles. The molecule has 2 aliphatic rings. The van der Waals surface area contributed by atoms with E-state index in [2.05, 4.69) is 25.1 Å². The van der Waals surface area contributed by atoms with Crippen molar-refractivity contribution in [2.75, 3.05) is 7.05 Å². The summed E-state index contributed by atoms with van der Waals surface area (Å²) in [5.41, 5.74) is 0.438. The molecular weight excluding hydrogens is 427 g/mol. The second-order valence-electron chi connectivity index (χ2n) is 9.02. The van der Waals surface area contributed by atoms with E-state index in [-0.39, 0.29) is 17.5 Å². The van der Waals surface area contributed by atoms with Crippen LogP contribution >= 0.6 is 0 Å². The van der Waals surface area contributed by atoms with Crippen LogP contribution in [0.15, 0.2) is 41.5 Å². The van der Waals surface area contributed by atoms with Crippen molar-refractivity contribution in [2.24, 2.45) is 7.05 Å². The summed E-state index contributed by atoms with van der Waals surface area (Å²) >= 11 is 0. The van der Waals surface area contributed by atoms with E-state index in [9.17, 15) is 9.90 Å². The summed E-state index contributed by atoms with van der Waals surface area (Å²) in [5.74, 6) is 0.420. The number of hydrogen-bond donors (Lipinski definition) is 1. The lowest BCUT2D eigenvalue weighted by atomic mass is 9.87. The molecule has 2 saturated heterocycles. The lowest BCUT2D eigenvalue weighted by Crippen LogP contribution is -2.60. The maximum atomic E-state index is 15.2. The summed E-state index contributed by atoms with van der Waals surface area (Å²) in [6.45, 7) is 1.95. The number of aromatic hydroxyl groups is 1. The van der Waals surface area contributed by atoms with Crippen LogP contribution < -0.4 is 10.4 Å². The zero-order valence-corrected chi connectivity index (χ0v) is 18.6. The molecule has 2 bridgehead atoms. The van der Waals surface area contributed by atoms with Crippen LogP contribution in [0.1, 0.15) is 26.2 Å². The van der Waals surface area contributed by atoms with Gasteiger partial charge < -0.3 is 9.84 Å². The molecular formula is C23H25FN6O3. The monoisotopic (exact) mass is 452 g/mol. The van der Waals surface area contributed by atoms with Gasteiger partial charge in [-0.25, -0.2) is 14.2 Å². The number of fused-ring (bicyclic) bond motifs is 2. The quantitative estimate of drug-likeness (QED) is 0.643. The normalized spacial score (nSPS) is 27.0. The highest BCUT2D eigenvalue weighted by Crippen LogP contribution is 2.45. The topological polar surface area (TPSA) is 106 Å². The first-order valence-corrected chi connectivity index (χ1v) is 10.9. The van der Waals surface area contributed by atoms with E-state index in [0.29, 0.717) is 29.3 Å². The van der Waals surface area contributed by atoms with Gasteiger partial charge in [0, 0.05) is 36.7 Å². The van der Waals surface area contributed by atoms with Crippen molar-refractivity contribution in [3.8, 4) is 34.3 Å². The number of aromatic nitrogens is 5. The molecule has 9 nitrogen and oxygen atoms in total. The van der Waals surface area contributed by atoms with Crippen LogP contribution in [0.25, 0.3) is 22.6 Å². The zero-order valence-electron chi connectivity index (χ0n) is 18.6. The fourth-order valence-electron chi connectivity index (χ4n) is 4.85. The van der Waals surface area contributed by atoms with E-state index < -0.39 is 23.5 Å². The Bertz CT molecular complexity index is 1250. The minimum atomic E-state index is -1.11. The van der Waals surface area contributed by atoms with Crippen molar-refractivity contribution in [3.63, 3.8) is 0 Å². The summed E-state index contributed by atoms with van der Waals surface area (Å²) in [6, 6.07) is 8.43. The number of phenols is 1. The summed E-state index contributed by atoms with van der Waals surface area (Å²) in [5, 5.41) is 18.8. The van der Waals surface area contributed by atoms with Gasteiger partial charge in [0.05, 0.1) is 11.2 Å². The molecule has 172 valence electrons. The molecule has 2 aromatic heterocycles. The van der Waals surface area contributed by atoms with Gasteiger partial charge in [-0.05, 0) is 45.0 Å². The number of hydrogen-bond acceptors (Lipinski definition) is 8. The van der Waals surface area contributed by atoms with E-state index in [0.717, 1.165) is 12.8 Å². The SMILES string of the molecule is CN1[C@@H]2CC[C@@]1(C)[C@H](F)[C@H](Oc1ccc(-c3ccc(-c4ncn(C)c(=O)n4)cc3O)nn1)C2. The molecule has 0 spiro atoms. The number of rotatable bonds is 4. The van der Waals surface area contributed by atoms with Crippen LogP contribution in [0.3, 0.4) is 0 Å². The Morgan fingerprint density at radius 3 is 2.73 bits per heavy atom. The number of benzene rings is 1. The van der Waals surface area contributed by atoms with Gasteiger partial charge in [-0.2, -0.15) is 4.98 Å². The van der Waals surface area contributed by atoms with Gasteiger partial charge in [-0.3, -0.25) is 9.47 Å². The van der Waals surface area contributed by atoms with Crippen molar-refractivity contribution < 1.29 is 14.2 Å². The Morgan fingerprint density at radius 2 is 2.03 bits per heavy atom. The molecule has 10 heteroatoms. The third-order valence-electron chi connectivity index (χ3n) is 7.06. The van der Waals surface area contributed by atoms with Crippen molar-refractivity contribution in [1.29, 1.82) is 0 Å². The summed E-state index contributed by atoms with van der Waals surface area (Å²) in [6.07, 6.45) is 2.09. The Balaban J connectivity index is 1.33. The lowest BCUT2D eigenvalue weighted by molar-refractivity contribution is -0.0596. The summed E-state index contributed by atoms with van der Waals surface area (Å²) in [7, 11) is 3.54. The maximum Gasteiger partial charge on any atom is 0.350 e. The smallest absolute Gasteiger partial charge is 0.350 e. The summed E-state index contributed by atoms with van der Waals surface area (Å²) in [4.78, 5) is 21.9. The molecule has 0 radical (unpaired) electrons. The van der Waals surface area contributed by atoms with Gasteiger partial charge in [0.1, 0.15) is 18.2 Å². The molecule has 2 fully saturated rings. The minimum absolute atomic E-state index is 0.0524. The van der Waals surface area contributed by atoms with Gasteiger partial charge >= 0.3 is 5.69 Å². The first kappa shape index (κ1) is 21.4. The van der Waals surface area contributed by atoms with Crippen molar-refractivity contribution in [2.45, 2.75) is 50.0 Å². The second-order valence-corrected chi connectivity index (χ2v) is 9.02. The number of alkyl halides is 1. The van der Waals surface area contributed by atoms with Gasteiger partial charge in [-0.1, -0.05) is 6.07 Å². The molecule has 0 unspecified atom stereocenters. The molecule has 33 heavy (non-hydrogen) atoms. The van der Waals surface area contributed by atoms with Crippen molar-refractivity contribution in [3.05, 3.63) is 47.1 Å². The molecule has 5 rings (SSSR count). The molecule has 0 saturated carbocycles. The Kier molecular flexibility index (Phi) is 5.12. The molecule has 0 amide bonds. The first-order chi connectivity index (χ1) is 15.8. The lowest BCUT2D eigenvalue weighted by Gasteiger charge is -2.45. The van der Waals surface area contributed by atoms with Gasteiger partial charge in [0.15, 0.2) is 12.0 Å². The molecule has 1 N–H and O–H groups in total. The third-order valence-corrected chi connectivity index (χ3v) is 7.06. The summed E-state index contributed by atoms with van der Waals surface area (Å²) < 4.78 is 22.4. The number of aryl methyl sites for hydroxylation is 1. The van der Waals surface area contributed by atoms with E-state index in [1.807, 2.05) is 14.0 Å². The highest BCUT2D eigenvalue weighted by molar-refractivity contribution is 5.71. The Morgan fingerprint density at radius 1 is 1.21 bits per heavy atom. The number of ether oxygens (including phenoxy) is 1. The van der Waals surface area contributed by atoms with Crippen LogP contribution in [0.5, 0.6) is 11.6 Å². The van der Waals surface area contributed by atoms with Crippen LogP contribution in [0.4, 0.5) is 4.39 Å². The van der Waals surface area contributed by atoms with Crippen molar-refractivity contribution >= 4 is 0 Å². The van der Waals surface area contributed by atoms with Crippen LogP contribution in [0, 0.1) is 0 Å². The van der Waals surface area contributed by atoms with Gasteiger partial charge in [-0.15, -0.1) is 10.2 Å². The average Bonchev–Trinajstić information content (AvgIpc) is 3.02. The molecule has 0 aliphatic carbocycles. The largest absolute Gasteiger partial charge is 0.507 e. The third kappa shape index (κ3) is 3.64. The molecule has 4 atom stereocenters. The van der Waals surface area contributed by atoms with Crippen molar-refractivity contribution in [1.82, 2.24) is 29.6 Å². The standard InChI is InChI=1S/C23H25FN6O3/c1-23-9-8-14(30(23)3)11-18(20(23)24)33-19-7-6-16(27-28-19)15-5-4-13(10-17(15)31)21-25-12-29(2)22(32)26-21/h4-7,10,12,14,18,20,31H,8-9,11H2,1-3H3/t14-,18-,20-,23+/m1/s1. The number of halogens is 1. The minimum Gasteiger partial charge on any atom is -0.507 e. The predicted octanol–water partition coefficient (Wildman–Crippen LogP) is 2.35. The van der Waals surface area contributed by atoms with Crippen LogP contribution in [-0.4, -0.2) is 65.6 Å². The zero-order chi connectivity index (χ0) is 23.3. The Hall–Kier alpha value is -3.40. The van der Waals surface area contributed by atoms with E-state index in [4.69, 9.17) is 4.74 Å². The Labute approximate surface area is 189 Å². The highest BCUT2D eigenvalue weighted by Gasteiger charge is 2.55. The van der Waals surface area contributed by atoms with Crippen LogP contribution in [0.2, 0.25) is 0 Å². The van der Waals surface area contributed by atoms with Crippen LogP contribution in [-0.2, 0) is 7.05 Å². The molecule has 2 aliphatic heterocycles. The van der Waals surface area contributed by atoms with E-state index in [1.54, 1.807) is 31.3 Å². The maximum absolute atomic E-state index is 15.2. The van der Waals surface area contributed by atoms with E-state index >= 15 is 4.39 Å². The predicted molar refractivity (Wildman–Crippen MR) is 119 cm³/mol. The average molecular weight is 452 g/mol. The van der Waals surface area contributed by atoms with E-state index in [1.165, 1.54) is 17.0 Å². The fraction of sp³-hybridized carbons (Fsp3) is 0.435. The van der Waals surface area contributed by atoms with Gasteiger partial charge in [0.25, 0.3) is 0 Å². The highest BCUT2D eigenvalue weighted by atomic mass is 19.1. The number of piperidine rings is 1. The first-order valence-electron chi connectivity index (χ1n) is 10.9. The molecule has 4 heterocycles. The number of phenolic OH excluding ortho intramolecular Hbond substituents is 1. The molecule has 3 aromatic rings. The van der Waals surface area contributed by atoms with Gasteiger partial charge in [0.2, 0.25) is 5.88 Å². The second kappa shape index (κ2) is 7.87.